The standard InChI is InChI=1S/C24H24N4O4S2/c1-16-7-8-21(32-2)19(13-16)20-15-33-24(26-20)27-23(29)17-9-11-28(12-10-17)34(30,31)22-6-4-3-5-18(22)14-25/h3-8,13,15,17H,9-12H2,1-2H3,(H,26,27,29). The number of nitrogens with one attached hydrogen (secondary N) is 1. The molecular weight excluding hydrogens is 472 g/mol. The van der Waals surface area contributed by atoms with Gasteiger partial charge in [-0.3, -0.25) is 4.79 Å². The number of aryl methyl sites for hydroxylation is 1. The second-order valence-electron chi connectivity index (χ2n) is 8.02. The van der Waals surface area contributed by atoms with Crippen LogP contribution >= 0.6 is 11.3 Å². The van der Waals surface area contributed by atoms with Gasteiger partial charge in [0.25, 0.3) is 0 Å². The van der Waals surface area contributed by atoms with Crippen molar-refractivity contribution in [2.24, 2.45) is 5.92 Å². The van der Waals surface area contributed by atoms with Crippen LogP contribution in [0, 0.1) is 24.2 Å². The fourth-order valence-electron chi connectivity index (χ4n) is 3.97. The second kappa shape index (κ2) is 9.93. The van der Waals surface area contributed by atoms with Crippen molar-refractivity contribution in [3.05, 3.63) is 59.0 Å². The van der Waals surface area contributed by atoms with E-state index in [0.29, 0.717) is 23.7 Å². The minimum Gasteiger partial charge on any atom is -0.496 e. The summed E-state index contributed by atoms with van der Waals surface area (Å²) in [5.74, 6) is 0.213. The van der Waals surface area contributed by atoms with Gasteiger partial charge < -0.3 is 10.1 Å². The largest absolute Gasteiger partial charge is 0.496 e. The highest BCUT2D eigenvalue weighted by Crippen LogP contribution is 2.33. The highest BCUT2D eigenvalue weighted by atomic mass is 32.2. The van der Waals surface area contributed by atoms with E-state index in [4.69, 9.17) is 4.74 Å². The van der Waals surface area contributed by atoms with E-state index >= 15 is 0 Å². The Morgan fingerprint density at radius 3 is 2.68 bits per heavy atom. The van der Waals surface area contributed by atoms with Crippen molar-refractivity contribution in [1.29, 1.82) is 5.26 Å². The molecule has 0 bridgehead atoms. The molecule has 2 heterocycles. The van der Waals surface area contributed by atoms with Gasteiger partial charge in [0, 0.05) is 30.0 Å². The molecule has 1 aliphatic rings. The van der Waals surface area contributed by atoms with Crippen LogP contribution in [-0.4, -0.2) is 43.8 Å². The minimum absolute atomic E-state index is 0.00212. The van der Waals surface area contributed by atoms with Crippen LogP contribution in [0.25, 0.3) is 11.3 Å². The quantitative estimate of drug-likeness (QED) is 0.551. The van der Waals surface area contributed by atoms with E-state index in [2.05, 4.69) is 10.3 Å². The SMILES string of the molecule is COc1ccc(C)cc1-c1csc(NC(=O)C2CCN(S(=O)(=O)c3ccccc3C#N)CC2)n1. The lowest BCUT2D eigenvalue weighted by Gasteiger charge is -2.30. The van der Waals surface area contributed by atoms with Crippen molar-refractivity contribution in [3.63, 3.8) is 0 Å². The minimum atomic E-state index is -3.79. The summed E-state index contributed by atoms with van der Waals surface area (Å²) in [4.78, 5) is 17.4. The van der Waals surface area contributed by atoms with Gasteiger partial charge in [-0.15, -0.1) is 11.3 Å². The summed E-state index contributed by atoms with van der Waals surface area (Å²) in [6.07, 6.45) is 0.785. The number of anilines is 1. The van der Waals surface area contributed by atoms with Crippen LogP contribution in [0.2, 0.25) is 0 Å². The molecule has 1 aliphatic heterocycles. The molecular formula is C24H24N4O4S2. The smallest absolute Gasteiger partial charge is 0.244 e. The van der Waals surface area contributed by atoms with E-state index in [1.807, 2.05) is 36.6 Å². The number of amides is 1. The number of carbonyl (C=O) groups excluding carboxylic acids is 1. The van der Waals surface area contributed by atoms with Gasteiger partial charge in [-0.25, -0.2) is 13.4 Å². The summed E-state index contributed by atoms with van der Waals surface area (Å²) in [7, 11) is -2.19. The van der Waals surface area contributed by atoms with E-state index < -0.39 is 10.0 Å². The number of nitriles is 1. The molecule has 3 aromatic rings. The van der Waals surface area contributed by atoms with Crippen molar-refractivity contribution in [3.8, 4) is 23.1 Å². The van der Waals surface area contributed by atoms with Crippen LogP contribution in [0.1, 0.15) is 24.0 Å². The summed E-state index contributed by atoms with van der Waals surface area (Å²) in [6, 6.07) is 13.9. The van der Waals surface area contributed by atoms with Gasteiger partial charge in [-0.05, 0) is 44.0 Å². The van der Waals surface area contributed by atoms with Gasteiger partial charge in [-0.1, -0.05) is 23.8 Å². The normalized spacial score (nSPS) is 15.0. The first-order valence-corrected chi connectivity index (χ1v) is 13.1. The maximum absolute atomic E-state index is 13.0. The van der Waals surface area contributed by atoms with Gasteiger partial charge in [0.15, 0.2) is 5.13 Å². The molecule has 1 saturated heterocycles. The number of piperidine rings is 1. The molecule has 4 rings (SSSR count). The Hall–Kier alpha value is -3.26. The number of hydrogen-bond acceptors (Lipinski definition) is 7. The number of aromatic nitrogens is 1. The van der Waals surface area contributed by atoms with Crippen LogP contribution in [0.4, 0.5) is 5.13 Å². The van der Waals surface area contributed by atoms with E-state index in [1.54, 1.807) is 19.2 Å². The molecule has 1 aromatic heterocycles. The van der Waals surface area contributed by atoms with E-state index in [-0.39, 0.29) is 35.4 Å². The molecule has 176 valence electrons. The van der Waals surface area contributed by atoms with Gasteiger partial charge in [0.2, 0.25) is 15.9 Å². The molecule has 0 aliphatic carbocycles. The van der Waals surface area contributed by atoms with Crippen molar-refractivity contribution in [2.45, 2.75) is 24.7 Å². The molecule has 1 fully saturated rings. The molecule has 1 N–H and O–H groups in total. The van der Waals surface area contributed by atoms with Crippen molar-refractivity contribution in [2.75, 3.05) is 25.5 Å². The number of ether oxygens (including phenoxy) is 1. The highest BCUT2D eigenvalue weighted by molar-refractivity contribution is 7.89. The number of nitrogens with zero attached hydrogens (tertiary/aromatic N) is 3. The Morgan fingerprint density at radius 1 is 1.24 bits per heavy atom. The number of benzene rings is 2. The third-order valence-electron chi connectivity index (χ3n) is 5.82. The number of hydrogen-bond donors (Lipinski definition) is 1. The Balaban J connectivity index is 1.41. The monoisotopic (exact) mass is 496 g/mol. The summed E-state index contributed by atoms with van der Waals surface area (Å²) >= 11 is 1.33. The summed E-state index contributed by atoms with van der Waals surface area (Å²) < 4.78 is 32.8. The number of sulfonamides is 1. The van der Waals surface area contributed by atoms with Crippen LogP contribution in [0.5, 0.6) is 5.75 Å². The maximum Gasteiger partial charge on any atom is 0.244 e. The Labute approximate surface area is 202 Å². The van der Waals surface area contributed by atoms with Crippen LogP contribution in [0.15, 0.2) is 52.7 Å². The summed E-state index contributed by atoms with van der Waals surface area (Å²) in [5, 5.41) is 14.5. The molecule has 1 amide bonds. The van der Waals surface area contributed by atoms with Gasteiger partial charge in [-0.2, -0.15) is 9.57 Å². The fraction of sp³-hybridized carbons (Fsp3) is 0.292. The van der Waals surface area contributed by atoms with Gasteiger partial charge in [0.05, 0.1) is 23.3 Å². The Bertz CT molecular complexity index is 1350. The summed E-state index contributed by atoms with van der Waals surface area (Å²) in [6.45, 7) is 2.41. The average Bonchev–Trinajstić information content (AvgIpc) is 3.32. The first-order chi connectivity index (χ1) is 16.3. The van der Waals surface area contributed by atoms with Crippen LogP contribution < -0.4 is 10.1 Å². The maximum atomic E-state index is 13.0. The molecule has 10 heteroatoms. The third-order valence-corrected chi connectivity index (χ3v) is 8.53. The molecule has 0 unspecified atom stereocenters. The average molecular weight is 497 g/mol. The van der Waals surface area contributed by atoms with Crippen molar-refractivity contribution >= 4 is 32.4 Å². The fourth-order valence-corrected chi connectivity index (χ4v) is 6.29. The van der Waals surface area contributed by atoms with Crippen LogP contribution in [-0.2, 0) is 14.8 Å². The van der Waals surface area contributed by atoms with Crippen LogP contribution in [0.3, 0.4) is 0 Å². The van der Waals surface area contributed by atoms with Gasteiger partial charge in [0.1, 0.15) is 11.8 Å². The molecule has 0 atom stereocenters. The van der Waals surface area contributed by atoms with E-state index in [1.165, 1.54) is 27.8 Å². The topological polar surface area (TPSA) is 112 Å². The predicted molar refractivity (Wildman–Crippen MR) is 130 cm³/mol. The lowest BCUT2D eigenvalue weighted by molar-refractivity contribution is -0.120. The number of thiazole rings is 1. The number of carbonyl (C=O) groups is 1. The first-order valence-electron chi connectivity index (χ1n) is 10.7. The molecule has 2 aromatic carbocycles. The lowest BCUT2D eigenvalue weighted by Crippen LogP contribution is -2.41. The zero-order valence-corrected chi connectivity index (χ0v) is 20.4. The number of rotatable bonds is 6. The zero-order chi connectivity index (χ0) is 24.3. The van der Waals surface area contributed by atoms with Crippen molar-refractivity contribution < 1.29 is 17.9 Å². The van der Waals surface area contributed by atoms with Gasteiger partial charge >= 0.3 is 0 Å². The third kappa shape index (κ3) is 4.82. The molecule has 8 nitrogen and oxygen atoms in total. The highest BCUT2D eigenvalue weighted by Gasteiger charge is 2.33. The Kier molecular flexibility index (Phi) is 6.97. The predicted octanol–water partition coefficient (Wildman–Crippen LogP) is 4.04. The number of methoxy groups -OCH3 is 1. The molecule has 34 heavy (non-hydrogen) atoms. The van der Waals surface area contributed by atoms with Crippen molar-refractivity contribution in [1.82, 2.24) is 9.29 Å². The molecule has 0 saturated carbocycles. The van der Waals surface area contributed by atoms with E-state index in [0.717, 1.165) is 16.8 Å². The molecule has 0 spiro atoms. The molecule has 0 radical (unpaired) electrons. The second-order valence-corrected chi connectivity index (χ2v) is 10.8. The Morgan fingerprint density at radius 2 is 1.97 bits per heavy atom. The van der Waals surface area contributed by atoms with E-state index in [9.17, 15) is 18.5 Å². The zero-order valence-electron chi connectivity index (χ0n) is 18.8. The summed E-state index contributed by atoms with van der Waals surface area (Å²) in [5.41, 5.74) is 2.77. The first kappa shape index (κ1) is 23.9. The lowest BCUT2D eigenvalue weighted by atomic mass is 9.97.